The molecule has 1 aliphatic heterocycles. The third-order valence-electron chi connectivity index (χ3n) is 7.22. The van der Waals surface area contributed by atoms with E-state index in [1.165, 1.54) is 51.4 Å². The number of aryl methyl sites for hydroxylation is 1. The van der Waals surface area contributed by atoms with Gasteiger partial charge in [0.2, 0.25) is 0 Å². The van der Waals surface area contributed by atoms with Crippen LogP contribution < -0.4 is 4.90 Å². The number of unbranched alkanes of at least 4 members (excludes halogenated alkanes) is 9. The van der Waals surface area contributed by atoms with E-state index in [0.29, 0.717) is 36.4 Å². The lowest BCUT2D eigenvalue weighted by Gasteiger charge is -2.23. The van der Waals surface area contributed by atoms with Crippen molar-refractivity contribution < 1.29 is 19.0 Å². The van der Waals surface area contributed by atoms with Crippen molar-refractivity contribution in [1.82, 2.24) is 19.5 Å². The summed E-state index contributed by atoms with van der Waals surface area (Å²) >= 11 is 0. The van der Waals surface area contributed by atoms with Gasteiger partial charge in [-0.15, -0.1) is 6.42 Å². The topological polar surface area (TPSA) is 91.6 Å². The average molecular weight is 528 g/mol. The second-order valence-electron chi connectivity index (χ2n) is 10.3. The first kappa shape index (κ1) is 29.7. The molecule has 2 atom stereocenters. The predicted molar refractivity (Wildman–Crippen MR) is 149 cm³/mol. The number of anilines is 1. The van der Waals surface area contributed by atoms with Gasteiger partial charge in [-0.25, -0.2) is 19.7 Å². The summed E-state index contributed by atoms with van der Waals surface area (Å²) in [5.41, 5.74) is 0.402. The first-order chi connectivity index (χ1) is 18.4. The highest BCUT2D eigenvalue weighted by atomic mass is 16.7. The molecule has 210 valence electrons. The van der Waals surface area contributed by atoms with Gasteiger partial charge in [0, 0.05) is 13.6 Å². The van der Waals surface area contributed by atoms with Crippen LogP contribution in [0.1, 0.15) is 103 Å². The third-order valence-corrected chi connectivity index (χ3v) is 7.22. The van der Waals surface area contributed by atoms with Crippen LogP contribution in [0.15, 0.2) is 6.33 Å². The maximum atomic E-state index is 12.2. The van der Waals surface area contributed by atoms with Gasteiger partial charge in [-0.3, -0.25) is 4.57 Å². The zero-order chi connectivity index (χ0) is 27.4. The van der Waals surface area contributed by atoms with Crippen molar-refractivity contribution in [1.29, 1.82) is 0 Å². The Balaban J connectivity index is 1.42. The lowest BCUT2D eigenvalue weighted by molar-refractivity contribution is -0.0732. The van der Waals surface area contributed by atoms with E-state index in [2.05, 4.69) is 34.7 Å². The summed E-state index contributed by atoms with van der Waals surface area (Å²) in [6.07, 6.45) is 19.9. The van der Waals surface area contributed by atoms with Gasteiger partial charge in [0.15, 0.2) is 22.6 Å². The van der Waals surface area contributed by atoms with Crippen LogP contribution >= 0.6 is 0 Å². The zero-order valence-electron chi connectivity index (χ0n) is 23.7. The minimum Gasteiger partial charge on any atom is -0.434 e. The summed E-state index contributed by atoms with van der Waals surface area (Å²) in [5.74, 6) is 4.14. The van der Waals surface area contributed by atoms with Crippen molar-refractivity contribution in [3.8, 4) is 12.3 Å². The van der Waals surface area contributed by atoms with Gasteiger partial charge < -0.3 is 19.1 Å². The Morgan fingerprint density at radius 3 is 2.47 bits per heavy atom. The van der Waals surface area contributed by atoms with Crippen LogP contribution in [0.4, 0.5) is 10.6 Å². The van der Waals surface area contributed by atoms with Crippen LogP contribution in [-0.2, 0) is 14.2 Å². The van der Waals surface area contributed by atoms with Crippen molar-refractivity contribution >= 4 is 23.1 Å². The van der Waals surface area contributed by atoms with Crippen LogP contribution in [0.5, 0.6) is 0 Å². The second kappa shape index (κ2) is 14.9. The predicted octanol–water partition coefficient (Wildman–Crippen LogP) is 6.35. The van der Waals surface area contributed by atoms with E-state index in [-0.39, 0.29) is 12.8 Å². The standard InChI is InChI=1S/C29H45N5O4/c1-6-9-10-11-12-13-14-15-16-17-20-36-28(35)37-21-29(7-2)19-18-24(38-29)34-22-30-25-26(33(5)8-3)31-23(4)32-27(25)34/h2,22,24H,6,8-21H2,1,3-5H3/t24-,29+/m1/s1. The van der Waals surface area contributed by atoms with Crippen molar-refractivity contribution in [3.05, 3.63) is 12.2 Å². The molecular formula is C29H45N5O4. The summed E-state index contributed by atoms with van der Waals surface area (Å²) in [6.45, 7) is 7.26. The van der Waals surface area contributed by atoms with Crippen LogP contribution in [-0.4, -0.2) is 58.1 Å². The maximum Gasteiger partial charge on any atom is 0.508 e. The van der Waals surface area contributed by atoms with Crippen molar-refractivity contribution in [2.75, 3.05) is 31.7 Å². The fourth-order valence-electron chi connectivity index (χ4n) is 4.78. The maximum absolute atomic E-state index is 12.2. The van der Waals surface area contributed by atoms with E-state index in [1.807, 2.05) is 23.4 Å². The number of carbonyl (C=O) groups is 1. The Morgan fingerprint density at radius 1 is 1.13 bits per heavy atom. The molecule has 0 unspecified atom stereocenters. The fourth-order valence-corrected chi connectivity index (χ4v) is 4.78. The second-order valence-corrected chi connectivity index (χ2v) is 10.3. The average Bonchev–Trinajstić information content (AvgIpc) is 3.54. The molecule has 3 rings (SSSR count). The number of aromatic nitrogens is 4. The van der Waals surface area contributed by atoms with E-state index in [4.69, 9.17) is 20.6 Å². The largest absolute Gasteiger partial charge is 0.508 e. The first-order valence-corrected chi connectivity index (χ1v) is 14.3. The number of nitrogens with zero attached hydrogens (tertiary/aromatic N) is 5. The minimum atomic E-state index is -1.01. The summed E-state index contributed by atoms with van der Waals surface area (Å²) in [4.78, 5) is 27.9. The Labute approximate surface area is 227 Å². The Bertz CT molecular complexity index is 1070. The summed E-state index contributed by atoms with van der Waals surface area (Å²) in [7, 11) is 1.97. The Morgan fingerprint density at radius 2 is 1.82 bits per heavy atom. The van der Waals surface area contributed by atoms with E-state index >= 15 is 0 Å². The molecule has 1 fully saturated rings. The molecule has 0 bridgehead atoms. The van der Waals surface area contributed by atoms with Crippen molar-refractivity contribution in [2.45, 2.75) is 110 Å². The molecule has 9 nitrogen and oxygen atoms in total. The number of hydrogen-bond donors (Lipinski definition) is 0. The fraction of sp³-hybridized carbons (Fsp3) is 0.724. The van der Waals surface area contributed by atoms with Gasteiger partial charge in [-0.05, 0) is 33.1 Å². The summed E-state index contributed by atoms with van der Waals surface area (Å²) in [6, 6.07) is 0. The summed E-state index contributed by atoms with van der Waals surface area (Å²) < 4.78 is 18.8. The monoisotopic (exact) mass is 527 g/mol. The van der Waals surface area contributed by atoms with Crippen molar-refractivity contribution in [3.63, 3.8) is 0 Å². The number of fused-ring (bicyclic) bond motifs is 1. The molecule has 2 aromatic rings. The number of ether oxygens (including phenoxy) is 3. The van der Waals surface area contributed by atoms with E-state index < -0.39 is 11.8 Å². The van der Waals surface area contributed by atoms with Crippen LogP contribution in [0.25, 0.3) is 11.2 Å². The quantitative estimate of drug-likeness (QED) is 0.142. The molecule has 1 aliphatic rings. The molecule has 0 aliphatic carbocycles. The molecule has 1 saturated heterocycles. The molecule has 2 aromatic heterocycles. The zero-order valence-corrected chi connectivity index (χ0v) is 23.7. The van der Waals surface area contributed by atoms with Gasteiger partial charge in [0.05, 0.1) is 12.9 Å². The summed E-state index contributed by atoms with van der Waals surface area (Å²) in [5, 5.41) is 0. The highest BCUT2D eigenvalue weighted by Gasteiger charge is 2.42. The van der Waals surface area contributed by atoms with Gasteiger partial charge in [0.25, 0.3) is 0 Å². The molecule has 0 radical (unpaired) electrons. The van der Waals surface area contributed by atoms with Crippen LogP contribution in [0, 0.1) is 19.3 Å². The lowest BCUT2D eigenvalue weighted by atomic mass is 10.0. The third kappa shape index (κ3) is 8.07. The van der Waals surface area contributed by atoms with Crippen molar-refractivity contribution in [2.24, 2.45) is 0 Å². The first-order valence-electron chi connectivity index (χ1n) is 14.3. The van der Waals surface area contributed by atoms with Crippen LogP contribution in [0.2, 0.25) is 0 Å². The molecule has 0 N–H and O–H groups in total. The van der Waals surface area contributed by atoms with Gasteiger partial charge in [-0.2, -0.15) is 0 Å². The number of hydrogen-bond acceptors (Lipinski definition) is 8. The smallest absolute Gasteiger partial charge is 0.434 e. The van der Waals surface area contributed by atoms with E-state index in [9.17, 15) is 4.79 Å². The molecule has 38 heavy (non-hydrogen) atoms. The molecule has 0 spiro atoms. The van der Waals surface area contributed by atoms with Gasteiger partial charge in [0.1, 0.15) is 18.7 Å². The minimum absolute atomic E-state index is 0.0542. The highest BCUT2D eigenvalue weighted by molar-refractivity contribution is 5.83. The molecule has 0 saturated carbocycles. The molecule has 0 amide bonds. The lowest BCUT2D eigenvalue weighted by Crippen LogP contribution is -2.34. The number of rotatable bonds is 16. The molecular weight excluding hydrogens is 482 g/mol. The number of imidazole rings is 1. The molecule has 3 heterocycles. The molecule has 9 heteroatoms. The van der Waals surface area contributed by atoms with Gasteiger partial charge in [-0.1, -0.05) is 70.6 Å². The Hall–Kier alpha value is -2.86. The normalized spacial score (nSPS) is 19.0. The van der Waals surface area contributed by atoms with E-state index in [1.54, 1.807) is 6.33 Å². The number of carbonyl (C=O) groups excluding carboxylic acids is 1. The molecule has 0 aromatic carbocycles. The van der Waals surface area contributed by atoms with E-state index in [0.717, 1.165) is 25.2 Å². The van der Waals surface area contributed by atoms with Gasteiger partial charge >= 0.3 is 6.16 Å². The SMILES string of the molecule is C#C[C@@]1(COC(=O)OCCCCCCCCCCCC)CC[C@H](n2cnc3c(N(C)CC)nc(C)nc32)O1. The van der Waals surface area contributed by atoms with Crippen LogP contribution in [0.3, 0.4) is 0 Å². The number of terminal acetylenes is 1. The Kier molecular flexibility index (Phi) is 11.7. The highest BCUT2D eigenvalue weighted by Crippen LogP contribution is 2.38.